The molecule has 0 radical (unpaired) electrons. The summed E-state index contributed by atoms with van der Waals surface area (Å²) >= 11 is 11.1. The summed E-state index contributed by atoms with van der Waals surface area (Å²) in [5.41, 5.74) is 0.339. The van der Waals surface area contributed by atoms with Gasteiger partial charge in [0.25, 0.3) is 5.69 Å². The number of methoxy groups -OCH3 is 1. The maximum Gasteiger partial charge on any atom is 0.271 e. The Balaban J connectivity index is 2.33. The van der Waals surface area contributed by atoms with Gasteiger partial charge in [0.05, 0.1) is 28.8 Å². The molecule has 0 aliphatic carbocycles. The fourth-order valence-corrected chi connectivity index (χ4v) is 1.89. The molecule has 22 heavy (non-hydrogen) atoms. The van der Waals surface area contributed by atoms with E-state index in [0.29, 0.717) is 42.2 Å². The van der Waals surface area contributed by atoms with Crippen LogP contribution in [0.5, 0.6) is 0 Å². The maximum atomic E-state index is 10.7. The van der Waals surface area contributed by atoms with Gasteiger partial charge < -0.3 is 20.1 Å². The molecule has 122 valence electrons. The van der Waals surface area contributed by atoms with Crippen molar-refractivity contribution in [3.8, 4) is 0 Å². The van der Waals surface area contributed by atoms with E-state index in [1.165, 1.54) is 18.2 Å². The number of nitro groups is 1. The summed E-state index contributed by atoms with van der Waals surface area (Å²) in [6.45, 7) is 2.34. The third-order valence-electron chi connectivity index (χ3n) is 2.59. The molecule has 0 aliphatic rings. The molecule has 0 heterocycles. The Morgan fingerprint density at radius 2 is 2.18 bits per heavy atom. The zero-order chi connectivity index (χ0) is 16.4. The van der Waals surface area contributed by atoms with Crippen LogP contribution >= 0.6 is 23.8 Å². The highest BCUT2D eigenvalue weighted by Crippen LogP contribution is 2.26. The van der Waals surface area contributed by atoms with Gasteiger partial charge in [0, 0.05) is 32.4 Å². The van der Waals surface area contributed by atoms with Crippen molar-refractivity contribution in [3.63, 3.8) is 0 Å². The van der Waals surface area contributed by atoms with E-state index >= 15 is 0 Å². The number of nitrogens with zero attached hydrogens (tertiary/aromatic N) is 1. The molecule has 7 nitrogen and oxygen atoms in total. The van der Waals surface area contributed by atoms with Gasteiger partial charge in [-0.2, -0.15) is 0 Å². The Kier molecular flexibility index (Phi) is 8.68. The zero-order valence-corrected chi connectivity index (χ0v) is 13.7. The van der Waals surface area contributed by atoms with E-state index in [0.717, 1.165) is 6.42 Å². The second-order valence-corrected chi connectivity index (χ2v) is 5.08. The van der Waals surface area contributed by atoms with E-state index in [2.05, 4.69) is 10.6 Å². The minimum Gasteiger partial charge on any atom is -0.382 e. The number of rotatable bonds is 9. The molecule has 1 aromatic carbocycles. The Morgan fingerprint density at radius 3 is 2.86 bits per heavy atom. The number of benzene rings is 1. The molecule has 0 unspecified atom stereocenters. The van der Waals surface area contributed by atoms with E-state index in [1.807, 2.05) is 0 Å². The number of anilines is 1. The number of halogens is 1. The number of thiocarbonyl (C=S) groups is 1. The second kappa shape index (κ2) is 10.3. The van der Waals surface area contributed by atoms with Crippen molar-refractivity contribution in [2.45, 2.75) is 6.42 Å². The van der Waals surface area contributed by atoms with Crippen molar-refractivity contribution < 1.29 is 14.4 Å². The van der Waals surface area contributed by atoms with Crippen molar-refractivity contribution in [3.05, 3.63) is 33.3 Å². The van der Waals surface area contributed by atoms with E-state index in [-0.39, 0.29) is 5.69 Å². The molecule has 0 aliphatic heterocycles. The fourth-order valence-electron chi connectivity index (χ4n) is 1.51. The van der Waals surface area contributed by atoms with Gasteiger partial charge in [-0.3, -0.25) is 10.1 Å². The van der Waals surface area contributed by atoms with Crippen LogP contribution in [0.2, 0.25) is 5.02 Å². The summed E-state index contributed by atoms with van der Waals surface area (Å²) in [4.78, 5) is 10.2. The summed E-state index contributed by atoms with van der Waals surface area (Å²) < 4.78 is 10.2. The SMILES string of the molecule is COCCOCCCNC(=S)Nc1cc([N+](=O)[O-])ccc1Cl. The average Bonchev–Trinajstić information content (AvgIpc) is 2.48. The Morgan fingerprint density at radius 1 is 1.41 bits per heavy atom. The molecule has 9 heteroatoms. The van der Waals surface area contributed by atoms with Gasteiger partial charge in [0.2, 0.25) is 0 Å². The van der Waals surface area contributed by atoms with Crippen molar-refractivity contribution in [2.24, 2.45) is 0 Å². The minimum atomic E-state index is -0.491. The standard InChI is InChI=1S/C13H18ClN3O4S/c1-20-7-8-21-6-2-5-15-13(22)16-12-9-10(17(18)19)3-4-11(12)14/h3-4,9H,2,5-8H2,1H3,(H2,15,16,22). The van der Waals surface area contributed by atoms with Crippen molar-refractivity contribution in [1.29, 1.82) is 0 Å². The largest absolute Gasteiger partial charge is 0.382 e. The van der Waals surface area contributed by atoms with Crippen LogP contribution in [0.4, 0.5) is 11.4 Å². The number of non-ortho nitro benzene ring substituents is 1. The molecule has 0 bridgehead atoms. The number of ether oxygens (including phenoxy) is 2. The van der Waals surface area contributed by atoms with Crippen LogP contribution in [-0.2, 0) is 9.47 Å². The highest BCUT2D eigenvalue weighted by molar-refractivity contribution is 7.80. The van der Waals surface area contributed by atoms with E-state index in [1.54, 1.807) is 7.11 Å². The van der Waals surface area contributed by atoms with Gasteiger partial charge in [-0.1, -0.05) is 11.6 Å². The second-order valence-electron chi connectivity index (χ2n) is 4.26. The number of nitro benzene ring substituents is 1. The number of nitrogens with one attached hydrogen (secondary N) is 2. The highest BCUT2D eigenvalue weighted by atomic mass is 35.5. The van der Waals surface area contributed by atoms with Gasteiger partial charge in [0.1, 0.15) is 0 Å². The quantitative estimate of drug-likeness (QED) is 0.307. The van der Waals surface area contributed by atoms with Crippen molar-refractivity contribution >= 4 is 40.3 Å². The maximum absolute atomic E-state index is 10.7. The van der Waals surface area contributed by atoms with Gasteiger partial charge in [0.15, 0.2) is 5.11 Å². The lowest BCUT2D eigenvalue weighted by molar-refractivity contribution is -0.384. The molecule has 0 spiro atoms. The first kappa shape index (κ1) is 18.6. The third-order valence-corrected chi connectivity index (χ3v) is 3.17. The highest BCUT2D eigenvalue weighted by Gasteiger charge is 2.10. The van der Waals surface area contributed by atoms with Crippen LogP contribution in [0.25, 0.3) is 0 Å². The molecule has 0 atom stereocenters. The van der Waals surface area contributed by atoms with Crippen molar-refractivity contribution in [1.82, 2.24) is 5.32 Å². The van der Waals surface area contributed by atoms with E-state index in [9.17, 15) is 10.1 Å². The molecule has 0 fully saturated rings. The van der Waals surface area contributed by atoms with Crippen LogP contribution in [-0.4, -0.2) is 43.5 Å². The molecular weight excluding hydrogens is 330 g/mol. The lowest BCUT2D eigenvalue weighted by Crippen LogP contribution is -2.30. The lowest BCUT2D eigenvalue weighted by atomic mass is 10.3. The summed E-state index contributed by atoms with van der Waals surface area (Å²) in [5.74, 6) is 0. The first-order valence-electron chi connectivity index (χ1n) is 6.60. The molecule has 0 saturated heterocycles. The zero-order valence-electron chi connectivity index (χ0n) is 12.1. The third kappa shape index (κ3) is 6.99. The Bertz CT molecular complexity index is 516. The lowest BCUT2D eigenvalue weighted by Gasteiger charge is -2.11. The molecule has 0 amide bonds. The predicted molar refractivity (Wildman–Crippen MR) is 89.6 cm³/mol. The summed E-state index contributed by atoms with van der Waals surface area (Å²) in [7, 11) is 1.62. The van der Waals surface area contributed by atoms with Crippen LogP contribution < -0.4 is 10.6 Å². The number of hydrogen-bond acceptors (Lipinski definition) is 5. The van der Waals surface area contributed by atoms with Crippen molar-refractivity contribution in [2.75, 3.05) is 38.8 Å². The van der Waals surface area contributed by atoms with Crippen LogP contribution in [0.3, 0.4) is 0 Å². The summed E-state index contributed by atoms with van der Waals surface area (Å²) in [6.07, 6.45) is 0.772. The smallest absolute Gasteiger partial charge is 0.271 e. The normalized spacial score (nSPS) is 10.3. The summed E-state index contributed by atoms with van der Waals surface area (Å²) in [6, 6.07) is 4.12. The first-order valence-corrected chi connectivity index (χ1v) is 7.38. The van der Waals surface area contributed by atoms with Gasteiger partial charge in [-0.25, -0.2) is 0 Å². The number of hydrogen-bond donors (Lipinski definition) is 2. The van der Waals surface area contributed by atoms with E-state index < -0.39 is 4.92 Å². The van der Waals surface area contributed by atoms with Gasteiger partial charge in [-0.15, -0.1) is 0 Å². The molecular formula is C13H18ClN3O4S. The molecule has 1 rings (SSSR count). The average molecular weight is 348 g/mol. The summed E-state index contributed by atoms with van der Waals surface area (Å²) in [5, 5.41) is 17.3. The van der Waals surface area contributed by atoms with Gasteiger partial charge in [-0.05, 0) is 24.7 Å². The first-order chi connectivity index (χ1) is 10.5. The monoisotopic (exact) mass is 347 g/mol. The van der Waals surface area contributed by atoms with Gasteiger partial charge >= 0.3 is 0 Å². The molecule has 0 saturated carbocycles. The molecule has 2 N–H and O–H groups in total. The minimum absolute atomic E-state index is 0.0544. The fraction of sp³-hybridized carbons (Fsp3) is 0.462. The molecule has 1 aromatic rings. The molecule has 0 aromatic heterocycles. The Labute approximate surface area is 139 Å². The topological polar surface area (TPSA) is 85.7 Å². The van der Waals surface area contributed by atoms with Crippen LogP contribution in [0, 0.1) is 10.1 Å². The Hall–Kier alpha value is -1.48. The van der Waals surface area contributed by atoms with Crippen LogP contribution in [0.15, 0.2) is 18.2 Å². The van der Waals surface area contributed by atoms with E-state index in [4.69, 9.17) is 33.3 Å². The predicted octanol–water partition coefficient (Wildman–Crippen LogP) is 2.59. The van der Waals surface area contributed by atoms with Crippen LogP contribution in [0.1, 0.15) is 6.42 Å².